The average molecular weight is 347 g/mol. The van der Waals surface area contributed by atoms with Crippen molar-refractivity contribution in [2.45, 2.75) is 26.1 Å². The molecule has 0 aliphatic rings. The molecule has 0 aliphatic heterocycles. The Hall–Kier alpha value is -0.920. The molecule has 0 radical (unpaired) electrons. The van der Waals surface area contributed by atoms with Crippen LogP contribution in [0.25, 0.3) is 0 Å². The van der Waals surface area contributed by atoms with E-state index in [0.29, 0.717) is 30.4 Å². The molecule has 0 aromatic heterocycles. The number of nitriles is 1. The van der Waals surface area contributed by atoms with E-state index in [2.05, 4.69) is 22.0 Å². The fraction of sp³-hybridized carbons (Fsp3) is 0.500. The van der Waals surface area contributed by atoms with E-state index in [-0.39, 0.29) is 0 Å². The van der Waals surface area contributed by atoms with Crippen LogP contribution in [0.3, 0.4) is 0 Å². The number of nitrogens with zero attached hydrogens (tertiary/aromatic N) is 1. The zero-order chi connectivity index (χ0) is 14.5. The fourth-order valence-electron chi connectivity index (χ4n) is 1.45. The first kappa shape index (κ1) is 16.1. The van der Waals surface area contributed by atoms with Gasteiger partial charge in [0.25, 0.3) is 0 Å². The van der Waals surface area contributed by atoms with Gasteiger partial charge in [0, 0.05) is 5.88 Å². The fourth-order valence-corrected chi connectivity index (χ4v) is 2.21. The highest BCUT2D eigenvalue weighted by atomic mass is 79.9. The molecule has 0 unspecified atom stereocenters. The molecular weight excluding hydrogens is 330 g/mol. The van der Waals surface area contributed by atoms with E-state index in [0.717, 1.165) is 10.0 Å². The summed E-state index contributed by atoms with van der Waals surface area (Å²) in [6, 6.07) is 6.00. The highest BCUT2D eigenvalue weighted by Crippen LogP contribution is 2.37. The smallest absolute Gasteiger partial charge is 0.175 e. The monoisotopic (exact) mass is 345 g/mol. The number of hydrogen-bond acceptors (Lipinski definition) is 3. The van der Waals surface area contributed by atoms with Gasteiger partial charge in [0.2, 0.25) is 0 Å². The molecular formula is C14H17BrClNO2. The molecule has 1 rings (SSSR count). The van der Waals surface area contributed by atoms with Crippen LogP contribution in [0.1, 0.15) is 25.8 Å². The summed E-state index contributed by atoms with van der Waals surface area (Å²) in [4.78, 5) is 0. The van der Waals surface area contributed by atoms with E-state index in [1.807, 2.05) is 26.0 Å². The molecule has 0 saturated carbocycles. The second kappa shape index (κ2) is 7.02. The second-order valence-electron chi connectivity index (χ2n) is 4.84. The summed E-state index contributed by atoms with van der Waals surface area (Å²) in [5, 5.41) is 8.96. The number of benzene rings is 1. The van der Waals surface area contributed by atoms with Gasteiger partial charge in [-0.2, -0.15) is 5.26 Å². The molecule has 5 heteroatoms. The first-order chi connectivity index (χ1) is 8.93. The van der Waals surface area contributed by atoms with E-state index in [1.165, 1.54) is 0 Å². The first-order valence-electron chi connectivity index (χ1n) is 5.90. The van der Waals surface area contributed by atoms with Gasteiger partial charge in [0.1, 0.15) is 0 Å². The van der Waals surface area contributed by atoms with Crippen LogP contribution in [0.2, 0.25) is 0 Å². The Kier molecular flexibility index (Phi) is 5.96. The summed E-state index contributed by atoms with van der Waals surface area (Å²) in [6.45, 7) is 4.23. The highest BCUT2D eigenvalue weighted by molar-refractivity contribution is 9.10. The summed E-state index contributed by atoms with van der Waals surface area (Å²) in [7, 11) is 1.59. The number of ether oxygens (including phenoxy) is 2. The zero-order valence-corrected chi connectivity index (χ0v) is 13.6. The predicted octanol–water partition coefficient (Wildman–Crippen LogP) is 4.52. The van der Waals surface area contributed by atoms with Crippen molar-refractivity contribution in [3.63, 3.8) is 0 Å². The third kappa shape index (κ3) is 4.59. The van der Waals surface area contributed by atoms with Gasteiger partial charge in [0.15, 0.2) is 11.5 Å². The molecule has 0 atom stereocenters. The summed E-state index contributed by atoms with van der Waals surface area (Å²) in [6.07, 6.45) is 0.649. The normalized spacial score (nSPS) is 10.9. The van der Waals surface area contributed by atoms with Crippen molar-refractivity contribution in [2.24, 2.45) is 5.41 Å². The van der Waals surface area contributed by atoms with E-state index in [4.69, 9.17) is 26.3 Å². The first-order valence-corrected chi connectivity index (χ1v) is 7.22. The van der Waals surface area contributed by atoms with Crippen LogP contribution < -0.4 is 9.47 Å². The van der Waals surface area contributed by atoms with Gasteiger partial charge >= 0.3 is 0 Å². The van der Waals surface area contributed by atoms with Crippen molar-refractivity contribution in [1.82, 2.24) is 0 Å². The number of hydrogen-bond donors (Lipinski definition) is 0. The Morgan fingerprint density at radius 2 is 2.11 bits per heavy atom. The second-order valence-corrected chi connectivity index (χ2v) is 5.96. The molecule has 1 aromatic rings. The van der Waals surface area contributed by atoms with Crippen molar-refractivity contribution in [2.75, 3.05) is 13.7 Å². The molecule has 0 aliphatic carbocycles. The lowest BCUT2D eigenvalue weighted by Gasteiger charge is -2.17. The van der Waals surface area contributed by atoms with Gasteiger partial charge in [-0.25, -0.2) is 0 Å². The minimum absolute atomic E-state index is 0.393. The third-order valence-electron chi connectivity index (χ3n) is 2.72. The zero-order valence-electron chi connectivity index (χ0n) is 11.3. The van der Waals surface area contributed by atoms with Crippen molar-refractivity contribution in [1.29, 1.82) is 5.26 Å². The van der Waals surface area contributed by atoms with Crippen LogP contribution in [-0.2, 0) is 5.88 Å². The van der Waals surface area contributed by atoms with Gasteiger partial charge in [0.05, 0.1) is 29.7 Å². The van der Waals surface area contributed by atoms with Gasteiger partial charge in [-0.3, -0.25) is 0 Å². The van der Waals surface area contributed by atoms with Crippen LogP contribution in [0.5, 0.6) is 11.5 Å². The quantitative estimate of drug-likeness (QED) is 0.711. The molecule has 0 fully saturated rings. The molecule has 0 N–H and O–H groups in total. The summed E-state index contributed by atoms with van der Waals surface area (Å²) in [5.41, 5.74) is 0.561. The van der Waals surface area contributed by atoms with Gasteiger partial charge in [-0.05, 0) is 53.9 Å². The number of alkyl halides is 1. The Bertz CT molecular complexity index is 483. The van der Waals surface area contributed by atoms with Crippen molar-refractivity contribution in [3.05, 3.63) is 22.2 Å². The Morgan fingerprint density at radius 3 is 2.63 bits per heavy atom. The van der Waals surface area contributed by atoms with Crippen molar-refractivity contribution in [3.8, 4) is 17.6 Å². The van der Waals surface area contributed by atoms with E-state index in [1.54, 1.807) is 7.11 Å². The lowest BCUT2D eigenvalue weighted by atomic mass is 9.92. The number of rotatable bonds is 6. The Balaban J connectivity index is 2.81. The van der Waals surface area contributed by atoms with E-state index in [9.17, 15) is 0 Å². The van der Waals surface area contributed by atoms with E-state index >= 15 is 0 Å². The summed E-state index contributed by atoms with van der Waals surface area (Å²) in [5.74, 6) is 1.70. The lowest BCUT2D eigenvalue weighted by molar-refractivity contribution is 0.251. The SMILES string of the molecule is COc1cc(CCl)cc(Br)c1OCCC(C)(C)C#N. The molecule has 0 saturated heterocycles. The Labute approximate surface area is 127 Å². The van der Waals surface area contributed by atoms with Crippen LogP contribution in [0.4, 0.5) is 0 Å². The maximum absolute atomic E-state index is 8.96. The molecule has 0 heterocycles. The van der Waals surface area contributed by atoms with Crippen molar-refractivity contribution >= 4 is 27.5 Å². The molecule has 3 nitrogen and oxygen atoms in total. The molecule has 104 valence electrons. The van der Waals surface area contributed by atoms with Crippen LogP contribution >= 0.6 is 27.5 Å². The van der Waals surface area contributed by atoms with Gasteiger partial charge < -0.3 is 9.47 Å². The number of methoxy groups -OCH3 is 1. The summed E-state index contributed by atoms with van der Waals surface area (Å²) >= 11 is 9.26. The van der Waals surface area contributed by atoms with Crippen LogP contribution in [0, 0.1) is 16.7 Å². The minimum Gasteiger partial charge on any atom is -0.493 e. The Morgan fingerprint density at radius 1 is 1.42 bits per heavy atom. The predicted molar refractivity (Wildman–Crippen MR) is 79.8 cm³/mol. The van der Waals surface area contributed by atoms with E-state index < -0.39 is 5.41 Å². The lowest BCUT2D eigenvalue weighted by Crippen LogP contribution is -2.13. The molecule has 0 amide bonds. The highest BCUT2D eigenvalue weighted by Gasteiger charge is 2.18. The minimum atomic E-state index is -0.393. The number of halogens is 2. The third-order valence-corrected chi connectivity index (χ3v) is 3.62. The van der Waals surface area contributed by atoms with Gasteiger partial charge in [-0.1, -0.05) is 0 Å². The molecule has 0 bridgehead atoms. The molecule has 19 heavy (non-hydrogen) atoms. The summed E-state index contributed by atoms with van der Waals surface area (Å²) < 4.78 is 11.8. The molecule has 0 spiro atoms. The van der Waals surface area contributed by atoms with Crippen molar-refractivity contribution < 1.29 is 9.47 Å². The maximum Gasteiger partial charge on any atom is 0.175 e. The van der Waals surface area contributed by atoms with Crippen LogP contribution in [-0.4, -0.2) is 13.7 Å². The van der Waals surface area contributed by atoms with Crippen LogP contribution in [0.15, 0.2) is 16.6 Å². The topological polar surface area (TPSA) is 42.2 Å². The van der Waals surface area contributed by atoms with Gasteiger partial charge in [-0.15, -0.1) is 11.6 Å². The standard InChI is InChI=1S/C14H17BrClNO2/c1-14(2,9-17)4-5-19-13-11(15)6-10(8-16)7-12(13)18-3/h6-7H,4-5,8H2,1-3H3. The molecule has 1 aromatic carbocycles. The largest absolute Gasteiger partial charge is 0.493 e. The average Bonchev–Trinajstić information content (AvgIpc) is 2.39. The maximum atomic E-state index is 8.96.